The van der Waals surface area contributed by atoms with Crippen LogP contribution in [-0.2, 0) is 0 Å². The van der Waals surface area contributed by atoms with Crippen LogP contribution in [0.1, 0.15) is 33.1 Å². The molecule has 0 spiro atoms. The third-order valence-electron chi connectivity index (χ3n) is 2.52. The summed E-state index contributed by atoms with van der Waals surface area (Å²) in [6.45, 7) is 4.94. The van der Waals surface area contributed by atoms with E-state index in [2.05, 4.69) is 24.1 Å². The van der Waals surface area contributed by atoms with E-state index in [0.29, 0.717) is 18.5 Å². The highest BCUT2D eigenvalue weighted by Crippen LogP contribution is 2.23. The largest absolute Gasteiger partial charge is 0.490 e. The Morgan fingerprint density at radius 3 is 2.94 bits per heavy atom. The molecule has 1 heterocycles. The number of alkyl halides is 1. The monoisotopic (exact) mass is 256 g/mol. The molecule has 0 bridgehead atoms. The first-order valence-electron chi connectivity index (χ1n) is 6.22. The number of aromatic nitrogens is 1. The Labute approximate surface area is 109 Å². The second kappa shape index (κ2) is 8.18. The lowest BCUT2D eigenvalue weighted by Crippen LogP contribution is -2.20. The smallest absolute Gasteiger partial charge is 0.168 e. The van der Waals surface area contributed by atoms with E-state index in [4.69, 9.17) is 16.3 Å². The van der Waals surface area contributed by atoms with E-state index in [1.165, 1.54) is 0 Å². The van der Waals surface area contributed by atoms with Gasteiger partial charge < -0.3 is 10.1 Å². The molecule has 0 aliphatic carbocycles. The standard InChI is InChI=1S/C13H21ClN2O/c1-3-10-17-12-6-5-9-15-13(12)16-11(4-2)7-8-14/h5-6,9,11H,3-4,7-8,10H2,1-2H3,(H,15,16). The number of anilines is 1. The van der Waals surface area contributed by atoms with E-state index < -0.39 is 0 Å². The van der Waals surface area contributed by atoms with E-state index in [9.17, 15) is 0 Å². The molecule has 0 aromatic carbocycles. The Bertz CT molecular complexity index is 320. The molecule has 0 aliphatic heterocycles. The van der Waals surface area contributed by atoms with Crippen molar-refractivity contribution < 1.29 is 4.74 Å². The molecule has 0 radical (unpaired) electrons. The molecule has 1 atom stereocenters. The van der Waals surface area contributed by atoms with Gasteiger partial charge in [-0.3, -0.25) is 0 Å². The first-order valence-corrected chi connectivity index (χ1v) is 6.75. The Morgan fingerprint density at radius 1 is 1.47 bits per heavy atom. The summed E-state index contributed by atoms with van der Waals surface area (Å²) in [4.78, 5) is 4.32. The molecule has 0 saturated heterocycles. The molecule has 1 N–H and O–H groups in total. The maximum atomic E-state index is 5.77. The Morgan fingerprint density at radius 2 is 2.29 bits per heavy atom. The van der Waals surface area contributed by atoms with Crippen molar-refractivity contribution in [2.45, 2.75) is 39.2 Å². The Kier molecular flexibility index (Phi) is 6.78. The number of pyridine rings is 1. The lowest BCUT2D eigenvalue weighted by molar-refractivity contribution is 0.317. The number of halogens is 1. The molecule has 1 rings (SSSR count). The fourth-order valence-corrected chi connectivity index (χ4v) is 1.79. The SMILES string of the molecule is CCCOc1cccnc1NC(CC)CCCl. The molecule has 3 nitrogen and oxygen atoms in total. The molecule has 4 heteroatoms. The van der Waals surface area contributed by atoms with Gasteiger partial charge in [-0.2, -0.15) is 0 Å². The summed E-state index contributed by atoms with van der Waals surface area (Å²) in [5.74, 6) is 2.30. The number of rotatable bonds is 8. The van der Waals surface area contributed by atoms with E-state index in [-0.39, 0.29) is 0 Å². The molecule has 0 fully saturated rings. The molecule has 17 heavy (non-hydrogen) atoms. The maximum absolute atomic E-state index is 5.77. The highest BCUT2D eigenvalue weighted by atomic mass is 35.5. The van der Waals surface area contributed by atoms with Crippen molar-refractivity contribution in [1.82, 2.24) is 4.98 Å². The number of hydrogen-bond donors (Lipinski definition) is 1. The van der Waals surface area contributed by atoms with Gasteiger partial charge >= 0.3 is 0 Å². The minimum atomic E-state index is 0.353. The average molecular weight is 257 g/mol. The van der Waals surface area contributed by atoms with Crippen LogP contribution in [0, 0.1) is 0 Å². The third kappa shape index (κ3) is 4.82. The van der Waals surface area contributed by atoms with Gasteiger partial charge in [0.25, 0.3) is 0 Å². The summed E-state index contributed by atoms with van der Waals surface area (Å²) in [5.41, 5.74) is 0. The normalized spacial score (nSPS) is 12.2. The van der Waals surface area contributed by atoms with Crippen LogP contribution in [0.3, 0.4) is 0 Å². The van der Waals surface area contributed by atoms with Gasteiger partial charge in [-0.15, -0.1) is 11.6 Å². The number of hydrogen-bond acceptors (Lipinski definition) is 3. The van der Waals surface area contributed by atoms with Gasteiger partial charge in [0.1, 0.15) is 0 Å². The van der Waals surface area contributed by atoms with Crippen molar-refractivity contribution in [2.24, 2.45) is 0 Å². The summed E-state index contributed by atoms with van der Waals surface area (Å²) >= 11 is 5.77. The topological polar surface area (TPSA) is 34.1 Å². The van der Waals surface area contributed by atoms with Gasteiger partial charge in [0.05, 0.1) is 6.61 Å². The van der Waals surface area contributed by atoms with Crippen molar-refractivity contribution in [2.75, 3.05) is 17.8 Å². The van der Waals surface area contributed by atoms with Gasteiger partial charge in [-0.05, 0) is 31.4 Å². The Hall–Kier alpha value is -0.960. The van der Waals surface area contributed by atoms with Crippen molar-refractivity contribution in [3.05, 3.63) is 18.3 Å². The second-order valence-corrected chi connectivity index (χ2v) is 4.30. The zero-order valence-corrected chi connectivity index (χ0v) is 11.3. The lowest BCUT2D eigenvalue weighted by Gasteiger charge is -2.18. The van der Waals surface area contributed by atoms with Gasteiger partial charge in [0.15, 0.2) is 11.6 Å². The van der Waals surface area contributed by atoms with Crippen molar-refractivity contribution >= 4 is 17.4 Å². The van der Waals surface area contributed by atoms with Crippen LogP contribution in [0.2, 0.25) is 0 Å². The number of nitrogens with zero attached hydrogens (tertiary/aromatic N) is 1. The zero-order chi connectivity index (χ0) is 12.5. The fourth-order valence-electron chi connectivity index (χ4n) is 1.53. The van der Waals surface area contributed by atoms with Crippen LogP contribution < -0.4 is 10.1 Å². The summed E-state index contributed by atoms with van der Waals surface area (Å²) in [6, 6.07) is 4.18. The van der Waals surface area contributed by atoms with Gasteiger partial charge in [0, 0.05) is 18.1 Å². The van der Waals surface area contributed by atoms with E-state index in [1.54, 1.807) is 6.20 Å². The molecular formula is C13H21ClN2O. The summed E-state index contributed by atoms with van der Waals surface area (Å²) in [5, 5.41) is 3.39. The van der Waals surface area contributed by atoms with Crippen LogP contribution in [0.15, 0.2) is 18.3 Å². The third-order valence-corrected chi connectivity index (χ3v) is 2.74. The number of nitrogens with one attached hydrogen (secondary N) is 1. The summed E-state index contributed by atoms with van der Waals surface area (Å²) in [7, 11) is 0. The Balaban J connectivity index is 2.67. The van der Waals surface area contributed by atoms with Crippen LogP contribution in [0.4, 0.5) is 5.82 Å². The predicted molar refractivity (Wildman–Crippen MR) is 73.1 cm³/mol. The van der Waals surface area contributed by atoms with Crippen LogP contribution in [0.5, 0.6) is 5.75 Å². The minimum Gasteiger partial charge on any atom is -0.490 e. The lowest BCUT2D eigenvalue weighted by atomic mass is 10.2. The van der Waals surface area contributed by atoms with E-state index in [0.717, 1.165) is 30.8 Å². The summed E-state index contributed by atoms with van der Waals surface area (Å²) in [6.07, 6.45) is 4.72. The molecule has 96 valence electrons. The molecule has 1 aromatic heterocycles. The molecule has 0 aliphatic rings. The van der Waals surface area contributed by atoms with Crippen molar-refractivity contribution in [3.63, 3.8) is 0 Å². The molecule has 0 amide bonds. The quantitative estimate of drug-likeness (QED) is 0.721. The number of ether oxygens (including phenoxy) is 1. The highest BCUT2D eigenvalue weighted by Gasteiger charge is 2.10. The minimum absolute atomic E-state index is 0.353. The summed E-state index contributed by atoms with van der Waals surface area (Å²) < 4.78 is 5.65. The predicted octanol–water partition coefficient (Wildman–Crippen LogP) is 3.69. The second-order valence-electron chi connectivity index (χ2n) is 3.93. The maximum Gasteiger partial charge on any atom is 0.168 e. The van der Waals surface area contributed by atoms with Crippen LogP contribution in [-0.4, -0.2) is 23.5 Å². The van der Waals surface area contributed by atoms with Crippen LogP contribution in [0.25, 0.3) is 0 Å². The van der Waals surface area contributed by atoms with E-state index >= 15 is 0 Å². The first kappa shape index (κ1) is 14.1. The highest BCUT2D eigenvalue weighted by molar-refractivity contribution is 6.17. The molecule has 1 unspecified atom stereocenters. The molecule has 0 saturated carbocycles. The van der Waals surface area contributed by atoms with Gasteiger partial charge in [0.2, 0.25) is 0 Å². The first-order chi connectivity index (χ1) is 8.31. The zero-order valence-electron chi connectivity index (χ0n) is 10.6. The molecule has 1 aromatic rings. The van der Waals surface area contributed by atoms with Gasteiger partial charge in [-0.25, -0.2) is 4.98 Å². The van der Waals surface area contributed by atoms with Crippen LogP contribution >= 0.6 is 11.6 Å². The van der Waals surface area contributed by atoms with Crippen molar-refractivity contribution in [3.8, 4) is 5.75 Å². The average Bonchev–Trinajstić information content (AvgIpc) is 2.37. The van der Waals surface area contributed by atoms with Gasteiger partial charge in [-0.1, -0.05) is 13.8 Å². The molecular weight excluding hydrogens is 236 g/mol. The van der Waals surface area contributed by atoms with E-state index in [1.807, 2.05) is 12.1 Å². The van der Waals surface area contributed by atoms with Crippen molar-refractivity contribution in [1.29, 1.82) is 0 Å². The fraction of sp³-hybridized carbons (Fsp3) is 0.615.